The van der Waals surface area contributed by atoms with E-state index in [0.29, 0.717) is 5.57 Å². The molecular formula is C10H15NO. The molecule has 0 aliphatic rings. The van der Waals surface area contributed by atoms with Gasteiger partial charge in [0.1, 0.15) is 0 Å². The zero-order chi connectivity index (χ0) is 9.40. The van der Waals surface area contributed by atoms with Crippen molar-refractivity contribution < 1.29 is 4.79 Å². The Labute approximate surface area is 73.7 Å². The van der Waals surface area contributed by atoms with Gasteiger partial charge in [-0.25, -0.2) is 0 Å². The van der Waals surface area contributed by atoms with E-state index in [1.807, 2.05) is 13.0 Å². The number of hydrogen-bond acceptors (Lipinski definition) is 1. The first-order valence-electron chi connectivity index (χ1n) is 3.97. The van der Waals surface area contributed by atoms with E-state index in [4.69, 9.17) is 0 Å². The molecule has 0 unspecified atom stereocenters. The van der Waals surface area contributed by atoms with E-state index in [0.717, 1.165) is 6.42 Å². The lowest BCUT2D eigenvalue weighted by molar-refractivity contribution is -0.116. The van der Waals surface area contributed by atoms with Crippen LogP contribution >= 0.6 is 0 Å². The van der Waals surface area contributed by atoms with Crippen molar-refractivity contribution in [2.75, 3.05) is 7.05 Å². The SMILES string of the molecule is C=C/C=C(\C=C/CC)C(=O)NC. The average Bonchev–Trinajstić information content (AvgIpc) is 2.11. The molecule has 2 nitrogen and oxygen atoms in total. The molecule has 0 heterocycles. The van der Waals surface area contributed by atoms with E-state index >= 15 is 0 Å². The van der Waals surface area contributed by atoms with Crippen LogP contribution < -0.4 is 5.32 Å². The summed E-state index contributed by atoms with van der Waals surface area (Å²) in [5, 5.41) is 2.55. The van der Waals surface area contributed by atoms with Crippen LogP contribution in [0.25, 0.3) is 0 Å². The van der Waals surface area contributed by atoms with Gasteiger partial charge >= 0.3 is 0 Å². The van der Waals surface area contributed by atoms with Crippen LogP contribution in [0.5, 0.6) is 0 Å². The molecule has 0 fully saturated rings. The first kappa shape index (κ1) is 10.7. The lowest BCUT2D eigenvalue weighted by Gasteiger charge is -1.97. The van der Waals surface area contributed by atoms with Gasteiger partial charge in [0.25, 0.3) is 5.91 Å². The highest BCUT2D eigenvalue weighted by Crippen LogP contribution is 1.98. The Bertz CT molecular complexity index is 214. The van der Waals surface area contributed by atoms with Gasteiger partial charge in [-0.1, -0.05) is 37.8 Å². The third-order valence-corrected chi connectivity index (χ3v) is 1.32. The molecule has 0 rings (SSSR count). The molecule has 2 heteroatoms. The minimum Gasteiger partial charge on any atom is -0.355 e. The fourth-order valence-corrected chi connectivity index (χ4v) is 0.723. The minimum atomic E-state index is -0.0837. The van der Waals surface area contributed by atoms with E-state index in [1.54, 1.807) is 25.3 Å². The maximum atomic E-state index is 11.1. The highest BCUT2D eigenvalue weighted by molar-refractivity contribution is 5.96. The maximum Gasteiger partial charge on any atom is 0.251 e. The van der Waals surface area contributed by atoms with Gasteiger partial charge in [0.2, 0.25) is 0 Å². The van der Waals surface area contributed by atoms with E-state index in [-0.39, 0.29) is 5.91 Å². The van der Waals surface area contributed by atoms with E-state index in [2.05, 4.69) is 11.9 Å². The monoisotopic (exact) mass is 165 g/mol. The Morgan fingerprint density at radius 3 is 2.67 bits per heavy atom. The summed E-state index contributed by atoms with van der Waals surface area (Å²) in [7, 11) is 1.61. The van der Waals surface area contributed by atoms with Crippen molar-refractivity contribution in [3.63, 3.8) is 0 Å². The van der Waals surface area contributed by atoms with E-state index < -0.39 is 0 Å². The Kier molecular flexibility index (Phi) is 5.70. The van der Waals surface area contributed by atoms with Gasteiger partial charge in [0.15, 0.2) is 0 Å². The molecule has 0 aromatic rings. The van der Waals surface area contributed by atoms with Crippen molar-refractivity contribution >= 4 is 5.91 Å². The third-order valence-electron chi connectivity index (χ3n) is 1.32. The molecule has 0 spiro atoms. The van der Waals surface area contributed by atoms with Crippen LogP contribution in [0.15, 0.2) is 36.5 Å². The second kappa shape index (κ2) is 6.40. The molecule has 0 saturated carbocycles. The van der Waals surface area contributed by atoms with Gasteiger partial charge in [-0.3, -0.25) is 4.79 Å². The minimum absolute atomic E-state index is 0.0837. The summed E-state index contributed by atoms with van der Waals surface area (Å²) in [6.45, 7) is 5.55. The summed E-state index contributed by atoms with van der Waals surface area (Å²) in [5.41, 5.74) is 0.634. The molecule has 1 amide bonds. The number of carbonyl (C=O) groups is 1. The molecule has 0 atom stereocenters. The maximum absolute atomic E-state index is 11.1. The van der Waals surface area contributed by atoms with Crippen molar-refractivity contribution in [2.24, 2.45) is 0 Å². The lowest BCUT2D eigenvalue weighted by atomic mass is 10.2. The highest BCUT2D eigenvalue weighted by atomic mass is 16.1. The molecule has 0 aliphatic carbocycles. The van der Waals surface area contributed by atoms with Crippen LogP contribution in [0, 0.1) is 0 Å². The molecule has 0 aliphatic heterocycles. The fraction of sp³-hybridized carbons (Fsp3) is 0.300. The van der Waals surface area contributed by atoms with Gasteiger partial charge in [0, 0.05) is 12.6 Å². The number of carbonyl (C=O) groups excluding carboxylic acids is 1. The van der Waals surface area contributed by atoms with Gasteiger partial charge < -0.3 is 5.32 Å². The van der Waals surface area contributed by atoms with Crippen molar-refractivity contribution in [1.82, 2.24) is 5.32 Å². The van der Waals surface area contributed by atoms with Crippen LogP contribution in [0.2, 0.25) is 0 Å². The summed E-state index contributed by atoms with van der Waals surface area (Å²) in [4.78, 5) is 11.1. The quantitative estimate of drug-likeness (QED) is 0.499. The summed E-state index contributed by atoms with van der Waals surface area (Å²) < 4.78 is 0. The standard InChI is InChI=1S/C10H15NO/c1-4-6-8-9(7-5-2)10(12)11-3/h5-8H,2,4H2,1,3H3,(H,11,12)/b8-6-,9-7+. The van der Waals surface area contributed by atoms with Crippen molar-refractivity contribution in [2.45, 2.75) is 13.3 Å². The number of nitrogens with one attached hydrogen (secondary N) is 1. The molecule has 1 N–H and O–H groups in total. The van der Waals surface area contributed by atoms with Crippen molar-refractivity contribution in [3.8, 4) is 0 Å². The Morgan fingerprint density at radius 2 is 2.25 bits per heavy atom. The predicted molar refractivity (Wildman–Crippen MR) is 51.8 cm³/mol. The smallest absolute Gasteiger partial charge is 0.251 e. The number of amides is 1. The van der Waals surface area contributed by atoms with Gasteiger partial charge in [-0.05, 0) is 6.42 Å². The Hall–Kier alpha value is -1.31. The van der Waals surface area contributed by atoms with Crippen molar-refractivity contribution in [3.05, 3.63) is 36.5 Å². The summed E-state index contributed by atoms with van der Waals surface area (Å²) in [6, 6.07) is 0. The zero-order valence-electron chi connectivity index (χ0n) is 7.63. The number of likely N-dealkylation sites (N-methyl/N-ethyl adjacent to an activating group) is 1. The second-order valence-corrected chi connectivity index (χ2v) is 2.25. The normalized spacial score (nSPS) is 11.7. The summed E-state index contributed by atoms with van der Waals surface area (Å²) in [5.74, 6) is -0.0837. The highest BCUT2D eigenvalue weighted by Gasteiger charge is 2.00. The Balaban J connectivity index is 4.44. The van der Waals surface area contributed by atoms with Crippen LogP contribution in [0.1, 0.15) is 13.3 Å². The van der Waals surface area contributed by atoms with Gasteiger partial charge in [0.05, 0.1) is 0 Å². The van der Waals surface area contributed by atoms with Crippen molar-refractivity contribution in [1.29, 1.82) is 0 Å². The predicted octanol–water partition coefficient (Wildman–Crippen LogP) is 1.81. The second-order valence-electron chi connectivity index (χ2n) is 2.25. The van der Waals surface area contributed by atoms with Crippen LogP contribution in [0.3, 0.4) is 0 Å². The van der Waals surface area contributed by atoms with E-state index in [9.17, 15) is 4.79 Å². The number of hydrogen-bond donors (Lipinski definition) is 1. The average molecular weight is 165 g/mol. The lowest BCUT2D eigenvalue weighted by Crippen LogP contribution is -2.18. The first-order valence-corrected chi connectivity index (χ1v) is 3.97. The van der Waals surface area contributed by atoms with E-state index in [1.165, 1.54) is 0 Å². The molecule has 0 saturated heterocycles. The van der Waals surface area contributed by atoms with Crippen LogP contribution in [0.4, 0.5) is 0 Å². The number of rotatable bonds is 4. The molecule has 12 heavy (non-hydrogen) atoms. The molecule has 0 bridgehead atoms. The topological polar surface area (TPSA) is 29.1 Å². The molecular weight excluding hydrogens is 150 g/mol. The van der Waals surface area contributed by atoms with Crippen LogP contribution in [-0.2, 0) is 4.79 Å². The molecule has 66 valence electrons. The molecule has 0 aromatic carbocycles. The van der Waals surface area contributed by atoms with Gasteiger partial charge in [-0.15, -0.1) is 0 Å². The molecule has 0 aromatic heterocycles. The third kappa shape index (κ3) is 3.76. The largest absolute Gasteiger partial charge is 0.355 e. The zero-order valence-corrected chi connectivity index (χ0v) is 7.63. The summed E-state index contributed by atoms with van der Waals surface area (Å²) >= 11 is 0. The first-order chi connectivity index (χ1) is 5.76. The van der Waals surface area contributed by atoms with Crippen LogP contribution in [-0.4, -0.2) is 13.0 Å². The Morgan fingerprint density at radius 1 is 1.58 bits per heavy atom. The number of allylic oxidation sites excluding steroid dienone is 3. The van der Waals surface area contributed by atoms with Gasteiger partial charge in [-0.2, -0.15) is 0 Å². The summed E-state index contributed by atoms with van der Waals surface area (Å²) in [6.07, 6.45) is 7.94. The fourth-order valence-electron chi connectivity index (χ4n) is 0.723. The molecule has 0 radical (unpaired) electrons.